The highest BCUT2D eigenvalue weighted by Crippen LogP contribution is 2.27. The molecule has 0 radical (unpaired) electrons. The molecule has 2 aromatic rings. The van der Waals surface area contributed by atoms with Crippen LogP contribution in [0, 0.1) is 0 Å². The van der Waals surface area contributed by atoms with Gasteiger partial charge in [-0.05, 0) is 26.0 Å². The van der Waals surface area contributed by atoms with Crippen LogP contribution in [0.4, 0.5) is 0 Å². The number of hydrogen-bond donors (Lipinski definition) is 0. The molecule has 20 heavy (non-hydrogen) atoms. The van der Waals surface area contributed by atoms with Crippen molar-refractivity contribution in [1.82, 2.24) is 0 Å². The van der Waals surface area contributed by atoms with E-state index < -0.39 is 17.9 Å². The van der Waals surface area contributed by atoms with Gasteiger partial charge in [0, 0.05) is 5.39 Å². The minimum absolute atomic E-state index is 0.189. The lowest BCUT2D eigenvalue weighted by molar-refractivity contribution is -0.157. The predicted molar refractivity (Wildman–Crippen MR) is 72.2 cm³/mol. The highest BCUT2D eigenvalue weighted by molar-refractivity contribution is 6.01. The molecule has 5 nitrogen and oxygen atoms in total. The Morgan fingerprint density at radius 2 is 1.70 bits per heavy atom. The Hall–Kier alpha value is -2.30. The third-order valence-corrected chi connectivity index (χ3v) is 2.77. The molecule has 0 N–H and O–H groups in total. The lowest BCUT2D eigenvalue weighted by Crippen LogP contribution is -2.25. The van der Waals surface area contributed by atoms with E-state index in [9.17, 15) is 9.59 Å². The molecule has 0 spiro atoms. The van der Waals surface area contributed by atoms with E-state index in [1.54, 1.807) is 26.0 Å². The van der Waals surface area contributed by atoms with Crippen molar-refractivity contribution in [2.45, 2.75) is 19.8 Å². The van der Waals surface area contributed by atoms with Crippen molar-refractivity contribution in [3.05, 3.63) is 36.1 Å². The average Bonchev–Trinajstić information content (AvgIpc) is 2.82. The Morgan fingerprint density at radius 3 is 2.25 bits per heavy atom. The topological polar surface area (TPSA) is 65.7 Å². The minimum Gasteiger partial charge on any atom is -0.465 e. The summed E-state index contributed by atoms with van der Waals surface area (Å²) in [6.45, 7) is 3.74. The van der Waals surface area contributed by atoms with Crippen LogP contribution in [-0.4, -0.2) is 25.2 Å². The third kappa shape index (κ3) is 2.82. The zero-order valence-corrected chi connectivity index (χ0v) is 11.4. The Balaban J connectivity index is 2.38. The van der Waals surface area contributed by atoms with Crippen LogP contribution in [0.5, 0.6) is 0 Å². The van der Waals surface area contributed by atoms with Crippen LogP contribution in [0.25, 0.3) is 11.0 Å². The maximum absolute atomic E-state index is 12.0. The summed E-state index contributed by atoms with van der Waals surface area (Å²) in [5.74, 6) is -2.26. The lowest BCUT2D eigenvalue weighted by atomic mass is 10.1. The van der Waals surface area contributed by atoms with Crippen molar-refractivity contribution in [2.24, 2.45) is 0 Å². The van der Waals surface area contributed by atoms with Gasteiger partial charge in [-0.15, -0.1) is 0 Å². The van der Waals surface area contributed by atoms with Crippen LogP contribution in [0.2, 0.25) is 0 Å². The Morgan fingerprint density at radius 1 is 1.10 bits per heavy atom. The second-order valence-electron chi connectivity index (χ2n) is 4.12. The molecule has 1 heterocycles. The second kappa shape index (κ2) is 6.23. The number of esters is 2. The molecule has 0 bridgehead atoms. The summed E-state index contributed by atoms with van der Waals surface area (Å²) in [6.07, 6.45) is 0. The molecule has 0 aliphatic carbocycles. The fourth-order valence-electron chi connectivity index (χ4n) is 1.92. The van der Waals surface area contributed by atoms with Crippen LogP contribution >= 0.6 is 0 Å². The van der Waals surface area contributed by atoms with Gasteiger partial charge in [0.15, 0.2) is 0 Å². The standard InChI is InChI=1S/C15H16O5/c1-3-18-14(16)13(15(17)19-4-2)12-9-10-7-5-6-8-11(10)20-12/h5-9,13H,3-4H2,1-2H3. The summed E-state index contributed by atoms with van der Waals surface area (Å²) < 4.78 is 15.4. The highest BCUT2D eigenvalue weighted by Gasteiger charge is 2.34. The number of benzene rings is 1. The van der Waals surface area contributed by atoms with Crippen molar-refractivity contribution in [3.8, 4) is 0 Å². The fraction of sp³-hybridized carbons (Fsp3) is 0.333. The quantitative estimate of drug-likeness (QED) is 0.620. The first-order valence-corrected chi connectivity index (χ1v) is 6.49. The summed E-state index contributed by atoms with van der Waals surface area (Å²) in [5, 5.41) is 0.820. The van der Waals surface area contributed by atoms with Gasteiger partial charge in [0.05, 0.1) is 13.2 Å². The van der Waals surface area contributed by atoms with E-state index in [4.69, 9.17) is 13.9 Å². The summed E-state index contributed by atoms with van der Waals surface area (Å²) in [6, 6.07) is 8.94. The molecular weight excluding hydrogens is 260 g/mol. The molecule has 0 unspecified atom stereocenters. The molecule has 0 fully saturated rings. The SMILES string of the molecule is CCOC(=O)C(C(=O)OCC)c1cc2ccccc2o1. The molecule has 1 aromatic carbocycles. The van der Waals surface area contributed by atoms with Gasteiger partial charge in [0.25, 0.3) is 0 Å². The van der Waals surface area contributed by atoms with E-state index in [-0.39, 0.29) is 19.0 Å². The van der Waals surface area contributed by atoms with Gasteiger partial charge in [-0.1, -0.05) is 18.2 Å². The van der Waals surface area contributed by atoms with Gasteiger partial charge in [0.2, 0.25) is 5.92 Å². The summed E-state index contributed by atoms with van der Waals surface area (Å²) >= 11 is 0. The number of para-hydroxylation sites is 1. The van der Waals surface area contributed by atoms with Crippen molar-refractivity contribution in [2.75, 3.05) is 13.2 Å². The first kappa shape index (κ1) is 14.1. The van der Waals surface area contributed by atoms with Crippen molar-refractivity contribution < 1.29 is 23.5 Å². The normalized spacial score (nSPS) is 10.8. The maximum Gasteiger partial charge on any atom is 0.328 e. The average molecular weight is 276 g/mol. The second-order valence-corrected chi connectivity index (χ2v) is 4.12. The summed E-state index contributed by atoms with van der Waals surface area (Å²) in [5.41, 5.74) is 0.612. The number of hydrogen-bond acceptors (Lipinski definition) is 5. The monoisotopic (exact) mass is 276 g/mol. The molecule has 0 aliphatic rings. The van der Waals surface area contributed by atoms with E-state index in [1.807, 2.05) is 18.2 Å². The summed E-state index contributed by atoms with van der Waals surface area (Å²) in [4.78, 5) is 23.9. The maximum atomic E-state index is 12.0. The number of rotatable bonds is 5. The first-order valence-electron chi connectivity index (χ1n) is 6.49. The van der Waals surface area contributed by atoms with Crippen LogP contribution in [0.1, 0.15) is 25.5 Å². The van der Waals surface area contributed by atoms with Gasteiger partial charge in [-0.3, -0.25) is 9.59 Å². The van der Waals surface area contributed by atoms with E-state index in [0.717, 1.165) is 5.39 Å². The number of fused-ring (bicyclic) bond motifs is 1. The molecule has 0 aliphatic heterocycles. The number of ether oxygens (including phenoxy) is 2. The van der Waals surface area contributed by atoms with Gasteiger partial charge in [-0.2, -0.15) is 0 Å². The molecule has 2 rings (SSSR count). The molecule has 1 aromatic heterocycles. The summed E-state index contributed by atoms with van der Waals surface area (Å²) in [7, 11) is 0. The van der Waals surface area contributed by atoms with Gasteiger partial charge < -0.3 is 13.9 Å². The molecular formula is C15H16O5. The number of carbonyl (C=O) groups excluding carboxylic acids is 2. The van der Waals surface area contributed by atoms with E-state index in [0.29, 0.717) is 5.58 Å². The van der Waals surface area contributed by atoms with Gasteiger partial charge in [0.1, 0.15) is 11.3 Å². The predicted octanol–water partition coefficient (Wildman–Crippen LogP) is 2.64. The van der Waals surface area contributed by atoms with Crippen molar-refractivity contribution >= 4 is 22.9 Å². The Bertz CT molecular complexity index is 563. The zero-order valence-electron chi connectivity index (χ0n) is 11.4. The van der Waals surface area contributed by atoms with Gasteiger partial charge in [-0.25, -0.2) is 0 Å². The highest BCUT2D eigenvalue weighted by atomic mass is 16.6. The van der Waals surface area contributed by atoms with Gasteiger partial charge >= 0.3 is 11.9 Å². The smallest absolute Gasteiger partial charge is 0.328 e. The number of furan rings is 1. The van der Waals surface area contributed by atoms with Crippen molar-refractivity contribution in [3.63, 3.8) is 0 Å². The molecule has 0 atom stereocenters. The van der Waals surface area contributed by atoms with Crippen LogP contribution in [0.15, 0.2) is 34.7 Å². The first-order chi connectivity index (χ1) is 9.67. The Kier molecular flexibility index (Phi) is 4.40. The Labute approximate surface area is 116 Å². The largest absolute Gasteiger partial charge is 0.465 e. The zero-order chi connectivity index (χ0) is 14.5. The van der Waals surface area contributed by atoms with Crippen molar-refractivity contribution in [1.29, 1.82) is 0 Å². The third-order valence-electron chi connectivity index (χ3n) is 2.77. The molecule has 5 heteroatoms. The van der Waals surface area contributed by atoms with E-state index in [1.165, 1.54) is 0 Å². The van der Waals surface area contributed by atoms with E-state index >= 15 is 0 Å². The van der Waals surface area contributed by atoms with Crippen LogP contribution in [0.3, 0.4) is 0 Å². The fourth-order valence-corrected chi connectivity index (χ4v) is 1.92. The van der Waals surface area contributed by atoms with Crippen LogP contribution in [-0.2, 0) is 19.1 Å². The van der Waals surface area contributed by atoms with E-state index in [2.05, 4.69) is 0 Å². The molecule has 106 valence electrons. The number of carbonyl (C=O) groups is 2. The molecule has 0 amide bonds. The molecule has 0 saturated heterocycles. The lowest BCUT2D eigenvalue weighted by Gasteiger charge is -2.11. The van der Waals surface area contributed by atoms with Crippen LogP contribution < -0.4 is 0 Å². The minimum atomic E-state index is -1.18. The molecule has 0 saturated carbocycles.